The summed E-state index contributed by atoms with van der Waals surface area (Å²) in [5, 5.41) is 2.81. The minimum absolute atomic E-state index is 0.0448. The Bertz CT molecular complexity index is 1410. The van der Waals surface area contributed by atoms with Gasteiger partial charge in [0.05, 0.1) is 0 Å². The van der Waals surface area contributed by atoms with Crippen LogP contribution in [0.2, 0.25) is 0 Å². The molecule has 4 aromatic carbocycles. The molecule has 0 unspecified atom stereocenters. The molecule has 0 aliphatic rings. The number of nitrogens with one attached hydrogen (secondary N) is 1. The van der Waals surface area contributed by atoms with Crippen LogP contribution in [-0.2, 0) is 24.4 Å². The summed E-state index contributed by atoms with van der Waals surface area (Å²) in [4.78, 5) is 11.1. The molecule has 6 heteroatoms. The van der Waals surface area contributed by atoms with Gasteiger partial charge in [-0.3, -0.25) is 4.79 Å². The third-order valence-corrected chi connectivity index (χ3v) is 6.59. The van der Waals surface area contributed by atoms with E-state index in [1.165, 1.54) is 18.6 Å². The molecule has 1 amide bonds. The zero-order valence-corrected chi connectivity index (χ0v) is 22.3. The maximum atomic E-state index is 13.7. The number of carbonyl (C=O) groups is 1. The molecule has 0 spiro atoms. The minimum Gasteiger partial charge on any atom is -0.489 e. The lowest BCUT2D eigenvalue weighted by Gasteiger charge is -2.16. The number of unbranched alkanes of at least 4 members (excludes halogenated alkanes) is 1. The monoisotopic (exact) mass is 529 g/mol. The van der Waals surface area contributed by atoms with Gasteiger partial charge in [0, 0.05) is 19.5 Å². The summed E-state index contributed by atoms with van der Waals surface area (Å²) in [7, 11) is 0. The molecule has 0 radical (unpaired) electrons. The second-order valence-corrected chi connectivity index (χ2v) is 9.49. The normalized spacial score (nSPS) is 10.8. The Hall–Kier alpha value is -4.19. The standard InChI is InChI=1S/C33H33F2NO3/c1-23-28(12-8-13-30(23)26-9-4-3-5-10-26)22-38-29-16-15-27(11-6-7-18-36-24(2)37)33(20-29)39-21-25-14-17-31(34)32(35)19-25/h3-5,8-10,12-17,19-20H,6-7,11,18,21-22H2,1-2H3,(H,36,37). The molecule has 1 N–H and O–H groups in total. The quantitative estimate of drug-likeness (QED) is 0.193. The fraction of sp³-hybridized carbons (Fsp3) is 0.242. The highest BCUT2D eigenvalue weighted by Crippen LogP contribution is 2.30. The molecule has 4 rings (SSSR count). The topological polar surface area (TPSA) is 47.6 Å². The molecule has 0 saturated heterocycles. The smallest absolute Gasteiger partial charge is 0.216 e. The van der Waals surface area contributed by atoms with Gasteiger partial charge < -0.3 is 14.8 Å². The van der Waals surface area contributed by atoms with Crippen molar-refractivity contribution < 1.29 is 23.0 Å². The SMILES string of the molecule is CC(=O)NCCCCc1ccc(OCc2cccc(-c3ccccc3)c2C)cc1OCc1ccc(F)c(F)c1. The number of hydrogen-bond acceptors (Lipinski definition) is 3. The zero-order chi connectivity index (χ0) is 27.6. The highest BCUT2D eigenvalue weighted by Gasteiger charge is 2.11. The summed E-state index contributed by atoms with van der Waals surface area (Å²) >= 11 is 0. The van der Waals surface area contributed by atoms with E-state index in [2.05, 4.69) is 36.5 Å². The van der Waals surface area contributed by atoms with E-state index in [1.807, 2.05) is 42.5 Å². The molecule has 0 atom stereocenters. The molecule has 0 aliphatic carbocycles. The van der Waals surface area contributed by atoms with E-state index in [1.54, 1.807) is 0 Å². The van der Waals surface area contributed by atoms with Crippen molar-refractivity contribution in [1.29, 1.82) is 0 Å². The molecule has 0 bridgehead atoms. The van der Waals surface area contributed by atoms with Crippen LogP contribution in [0.15, 0.2) is 84.9 Å². The molecule has 0 heterocycles. The first-order chi connectivity index (χ1) is 18.9. The van der Waals surface area contributed by atoms with Crippen LogP contribution >= 0.6 is 0 Å². The van der Waals surface area contributed by atoms with E-state index in [4.69, 9.17) is 9.47 Å². The third kappa shape index (κ3) is 7.90. The molecule has 4 nitrogen and oxygen atoms in total. The number of halogens is 2. The second kappa shape index (κ2) is 13.6. The lowest BCUT2D eigenvalue weighted by atomic mass is 9.97. The van der Waals surface area contributed by atoms with Crippen LogP contribution in [0, 0.1) is 18.6 Å². The first kappa shape index (κ1) is 27.8. The van der Waals surface area contributed by atoms with Crippen LogP contribution in [0.1, 0.15) is 42.0 Å². The van der Waals surface area contributed by atoms with Gasteiger partial charge >= 0.3 is 0 Å². The van der Waals surface area contributed by atoms with Crippen LogP contribution in [0.5, 0.6) is 11.5 Å². The van der Waals surface area contributed by atoms with Gasteiger partial charge in [0.15, 0.2) is 11.6 Å². The molecular formula is C33H33F2NO3. The Morgan fingerprint density at radius 2 is 1.62 bits per heavy atom. The van der Waals surface area contributed by atoms with E-state index in [0.717, 1.165) is 53.6 Å². The summed E-state index contributed by atoms with van der Waals surface area (Å²) in [6, 6.07) is 26.0. The summed E-state index contributed by atoms with van der Waals surface area (Å²) in [6.45, 7) is 4.70. The van der Waals surface area contributed by atoms with Gasteiger partial charge in [-0.1, -0.05) is 60.7 Å². The van der Waals surface area contributed by atoms with Gasteiger partial charge in [-0.2, -0.15) is 0 Å². The predicted molar refractivity (Wildman–Crippen MR) is 150 cm³/mol. The van der Waals surface area contributed by atoms with Crippen LogP contribution in [0.3, 0.4) is 0 Å². The number of benzene rings is 4. The molecule has 39 heavy (non-hydrogen) atoms. The first-order valence-corrected chi connectivity index (χ1v) is 13.1. The van der Waals surface area contributed by atoms with Crippen molar-refractivity contribution in [3.05, 3.63) is 119 Å². The number of hydrogen-bond donors (Lipinski definition) is 1. The lowest BCUT2D eigenvalue weighted by Crippen LogP contribution is -2.20. The number of amides is 1. The maximum absolute atomic E-state index is 13.7. The van der Waals surface area contributed by atoms with Gasteiger partial charge in [-0.25, -0.2) is 8.78 Å². The average Bonchev–Trinajstić information content (AvgIpc) is 2.94. The number of ether oxygens (including phenoxy) is 2. The summed E-state index contributed by atoms with van der Waals surface area (Å²) in [5.74, 6) is -0.551. The molecule has 0 saturated carbocycles. The van der Waals surface area contributed by atoms with Crippen molar-refractivity contribution in [2.45, 2.75) is 46.3 Å². The largest absolute Gasteiger partial charge is 0.489 e. The van der Waals surface area contributed by atoms with Crippen molar-refractivity contribution in [2.75, 3.05) is 6.54 Å². The van der Waals surface area contributed by atoms with Gasteiger partial charge in [-0.15, -0.1) is 0 Å². The van der Waals surface area contributed by atoms with Crippen LogP contribution in [0.25, 0.3) is 11.1 Å². The Kier molecular flexibility index (Phi) is 9.68. The predicted octanol–water partition coefficient (Wildman–Crippen LogP) is 7.56. The van der Waals surface area contributed by atoms with Gasteiger partial charge in [0.2, 0.25) is 5.91 Å². The molecule has 4 aromatic rings. The Morgan fingerprint density at radius 3 is 2.38 bits per heavy atom. The molecule has 0 aliphatic heterocycles. The zero-order valence-electron chi connectivity index (χ0n) is 22.3. The van der Waals surface area contributed by atoms with E-state index < -0.39 is 11.6 Å². The summed E-state index contributed by atoms with van der Waals surface area (Å²) < 4.78 is 39.3. The van der Waals surface area contributed by atoms with E-state index >= 15 is 0 Å². The van der Waals surface area contributed by atoms with Crippen LogP contribution in [0.4, 0.5) is 8.78 Å². The van der Waals surface area contributed by atoms with Gasteiger partial charge in [0.25, 0.3) is 0 Å². The number of rotatable bonds is 12. The van der Waals surface area contributed by atoms with E-state index in [-0.39, 0.29) is 12.5 Å². The molecule has 0 aromatic heterocycles. The van der Waals surface area contributed by atoms with Crippen molar-refractivity contribution in [2.24, 2.45) is 0 Å². The second-order valence-electron chi connectivity index (χ2n) is 9.49. The Labute approximate surface area is 228 Å². The summed E-state index contributed by atoms with van der Waals surface area (Å²) in [5.41, 5.74) is 6.09. The fourth-order valence-corrected chi connectivity index (χ4v) is 4.39. The van der Waals surface area contributed by atoms with Crippen LogP contribution < -0.4 is 14.8 Å². The van der Waals surface area contributed by atoms with Crippen molar-refractivity contribution in [3.63, 3.8) is 0 Å². The lowest BCUT2D eigenvalue weighted by molar-refractivity contribution is -0.118. The first-order valence-electron chi connectivity index (χ1n) is 13.1. The summed E-state index contributed by atoms with van der Waals surface area (Å²) in [6.07, 6.45) is 2.43. The van der Waals surface area contributed by atoms with Crippen molar-refractivity contribution in [1.82, 2.24) is 5.32 Å². The number of carbonyl (C=O) groups excluding carboxylic acids is 1. The van der Waals surface area contributed by atoms with E-state index in [9.17, 15) is 13.6 Å². The van der Waals surface area contributed by atoms with Gasteiger partial charge in [-0.05, 0) is 77.8 Å². The van der Waals surface area contributed by atoms with Crippen molar-refractivity contribution >= 4 is 5.91 Å². The molecular weight excluding hydrogens is 496 g/mol. The highest BCUT2D eigenvalue weighted by atomic mass is 19.2. The maximum Gasteiger partial charge on any atom is 0.216 e. The minimum atomic E-state index is -0.903. The fourth-order valence-electron chi connectivity index (χ4n) is 4.39. The highest BCUT2D eigenvalue weighted by molar-refractivity contribution is 5.72. The van der Waals surface area contributed by atoms with Gasteiger partial charge in [0.1, 0.15) is 24.7 Å². The Morgan fingerprint density at radius 1 is 0.795 bits per heavy atom. The molecule has 0 fully saturated rings. The van der Waals surface area contributed by atoms with Crippen molar-refractivity contribution in [3.8, 4) is 22.6 Å². The molecule has 202 valence electrons. The number of aryl methyl sites for hydroxylation is 1. The van der Waals surface area contributed by atoms with Crippen LogP contribution in [-0.4, -0.2) is 12.5 Å². The Balaban J connectivity index is 1.48. The third-order valence-electron chi connectivity index (χ3n) is 6.59. The average molecular weight is 530 g/mol. The van der Waals surface area contributed by atoms with E-state index in [0.29, 0.717) is 30.2 Å².